The van der Waals surface area contributed by atoms with Crippen LogP contribution in [0.25, 0.3) is 0 Å². The van der Waals surface area contributed by atoms with E-state index >= 15 is 0 Å². The summed E-state index contributed by atoms with van der Waals surface area (Å²) in [6.45, 7) is -1.17. The second-order valence-electron chi connectivity index (χ2n) is 2.81. The summed E-state index contributed by atoms with van der Waals surface area (Å²) in [6.07, 6.45) is 1.33. The number of nitrogens with zero attached hydrogens (tertiary/aromatic N) is 3. The van der Waals surface area contributed by atoms with Crippen molar-refractivity contribution in [2.45, 2.75) is 6.43 Å². The summed E-state index contributed by atoms with van der Waals surface area (Å²) in [5, 5.41) is 8.63. The molecule has 15 heavy (non-hydrogen) atoms. The molecule has 0 saturated heterocycles. The Balaban J connectivity index is 2.67. The zero-order chi connectivity index (χ0) is 11.3. The van der Waals surface area contributed by atoms with Gasteiger partial charge in [-0.25, -0.2) is 18.6 Å². The summed E-state index contributed by atoms with van der Waals surface area (Å²) in [6, 6.07) is -0.623. The molecule has 0 atom stereocenters. The molecular formula is C8H11F2N3O2. The van der Waals surface area contributed by atoms with E-state index in [9.17, 15) is 13.6 Å². The van der Waals surface area contributed by atoms with Gasteiger partial charge in [0.2, 0.25) is 0 Å². The molecule has 0 radical (unpaired) electrons. The molecule has 0 aromatic carbocycles. The Morgan fingerprint density at radius 3 is 2.80 bits per heavy atom. The number of alkyl halides is 2. The standard InChI is InChI=1S/C8H11F2N3O2/c9-7(10)5-12(3-4-14)8(15)13-2-1-11-6-13/h1-2,6-7,14H,3-5H2. The number of aliphatic hydroxyl groups is 1. The Labute approximate surface area is 84.9 Å². The van der Waals surface area contributed by atoms with E-state index < -0.39 is 19.0 Å². The van der Waals surface area contributed by atoms with Crippen molar-refractivity contribution >= 4 is 6.03 Å². The van der Waals surface area contributed by atoms with Crippen LogP contribution in [0.4, 0.5) is 13.6 Å². The van der Waals surface area contributed by atoms with Crippen molar-refractivity contribution in [2.75, 3.05) is 19.7 Å². The molecule has 1 aromatic heterocycles. The molecule has 0 saturated carbocycles. The van der Waals surface area contributed by atoms with Gasteiger partial charge in [-0.1, -0.05) is 0 Å². The van der Waals surface area contributed by atoms with Crippen LogP contribution in [0, 0.1) is 0 Å². The van der Waals surface area contributed by atoms with Gasteiger partial charge in [0, 0.05) is 18.9 Å². The highest BCUT2D eigenvalue weighted by atomic mass is 19.3. The summed E-state index contributed by atoms with van der Waals surface area (Å²) in [5.74, 6) is 0. The number of aromatic nitrogens is 2. The molecule has 84 valence electrons. The fourth-order valence-corrected chi connectivity index (χ4v) is 1.09. The molecule has 0 aliphatic rings. The minimum atomic E-state index is -2.62. The van der Waals surface area contributed by atoms with Gasteiger partial charge in [-0.15, -0.1) is 0 Å². The van der Waals surface area contributed by atoms with Crippen molar-refractivity contribution in [2.24, 2.45) is 0 Å². The molecule has 1 aromatic rings. The molecular weight excluding hydrogens is 208 g/mol. The van der Waals surface area contributed by atoms with Crippen molar-refractivity contribution in [3.63, 3.8) is 0 Å². The SMILES string of the molecule is O=C(N(CCO)CC(F)F)n1ccnc1. The van der Waals surface area contributed by atoms with Crippen LogP contribution < -0.4 is 0 Å². The number of imidazole rings is 1. The molecule has 1 heterocycles. The summed E-state index contributed by atoms with van der Waals surface area (Å²) in [7, 11) is 0. The Hall–Kier alpha value is -1.50. The maximum absolute atomic E-state index is 12.1. The van der Waals surface area contributed by atoms with Crippen LogP contribution in [0.15, 0.2) is 18.7 Å². The summed E-state index contributed by atoms with van der Waals surface area (Å²) in [4.78, 5) is 16.0. The van der Waals surface area contributed by atoms with E-state index in [-0.39, 0.29) is 13.2 Å². The number of aliphatic hydroxyl groups excluding tert-OH is 1. The lowest BCUT2D eigenvalue weighted by molar-refractivity contribution is 0.0907. The fraction of sp³-hybridized carbons (Fsp3) is 0.500. The van der Waals surface area contributed by atoms with Gasteiger partial charge in [0.1, 0.15) is 6.33 Å². The van der Waals surface area contributed by atoms with Crippen LogP contribution >= 0.6 is 0 Å². The molecule has 0 bridgehead atoms. The van der Waals surface area contributed by atoms with E-state index in [4.69, 9.17) is 5.11 Å². The van der Waals surface area contributed by atoms with Gasteiger partial charge in [-0.2, -0.15) is 0 Å². The second kappa shape index (κ2) is 5.40. The number of amides is 1. The van der Waals surface area contributed by atoms with Crippen LogP contribution in [0.3, 0.4) is 0 Å². The van der Waals surface area contributed by atoms with Gasteiger partial charge in [0.25, 0.3) is 6.43 Å². The average molecular weight is 219 g/mol. The number of carbonyl (C=O) groups excluding carboxylic acids is 1. The fourth-order valence-electron chi connectivity index (χ4n) is 1.09. The highest BCUT2D eigenvalue weighted by Gasteiger charge is 2.18. The molecule has 0 fully saturated rings. The Morgan fingerprint density at radius 2 is 2.33 bits per heavy atom. The Morgan fingerprint density at radius 1 is 1.60 bits per heavy atom. The van der Waals surface area contributed by atoms with Gasteiger partial charge in [0.15, 0.2) is 0 Å². The molecule has 5 nitrogen and oxygen atoms in total. The first-order chi connectivity index (χ1) is 7.15. The quantitative estimate of drug-likeness (QED) is 0.797. The minimum absolute atomic E-state index is 0.124. The third-order valence-corrected chi connectivity index (χ3v) is 1.72. The van der Waals surface area contributed by atoms with Gasteiger partial charge >= 0.3 is 6.03 Å². The number of halogens is 2. The zero-order valence-electron chi connectivity index (χ0n) is 7.88. The molecule has 1 rings (SSSR count). The van der Waals surface area contributed by atoms with Crippen LogP contribution in [0.2, 0.25) is 0 Å². The van der Waals surface area contributed by atoms with Crippen molar-refractivity contribution in [1.82, 2.24) is 14.5 Å². The lowest BCUT2D eigenvalue weighted by atomic mass is 10.5. The van der Waals surface area contributed by atoms with Crippen molar-refractivity contribution in [3.8, 4) is 0 Å². The largest absolute Gasteiger partial charge is 0.395 e. The Bertz CT molecular complexity index is 303. The topological polar surface area (TPSA) is 58.4 Å². The molecule has 0 spiro atoms. The smallest absolute Gasteiger partial charge is 0.329 e. The first kappa shape index (κ1) is 11.6. The first-order valence-electron chi connectivity index (χ1n) is 4.31. The molecule has 0 aliphatic carbocycles. The normalized spacial score (nSPS) is 10.7. The second-order valence-corrected chi connectivity index (χ2v) is 2.81. The first-order valence-corrected chi connectivity index (χ1v) is 4.31. The highest BCUT2D eigenvalue weighted by molar-refractivity contribution is 5.76. The maximum atomic E-state index is 12.1. The number of rotatable bonds is 4. The zero-order valence-corrected chi connectivity index (χ0v) is 7.88. The number of hydrogen-bond donors (Lipinski definition) is 1. The molecule has 7 heteroatoms. The van der Waals surface area contributed by atoms with Crippen LogP contribution in [0.5, 0.6) is 0 Å². The molecule has 0 aliphatic heterocycles. The van der Waals surface area contributed by atoms with Gasteiger partial charge in [-0.05, 0) is 0 Å². The number of hydrogen-bond acceptors (Lipinski definition) is 3. The van der Waals surface area contributed by atoms with E-state index in [1.165, 1.54) is 18.7 Å². The van der Waals surface area contributed by atoms with Crippen molar-refractivity contribution in [1.29, 1.82) is 0 Å². The van der Waals surface area contributed by atoms with E-state index in [0.29, 0.717) is 0 Å². The van der Waals surface area contributed by atoms with Gasteiger partial charge < -0.3 is 10.0 Å². The lowest BCUT2D eigenvalue weighted by Crippen LogP contribution is -2.39. The average Bonchev–Trinajstić information content (AvgIpc) is 2.68. The summed E-state index contributed by atoms with van der Waals surface area (Å²) < 4.78 is 25.3. The minimum Gasteiger partial charge on any atom is -0.395 e. The van der Waals surface area contributed by atoms with E-state index in [1.54, 1.807) is 0 Å². The predicted molar refractivity (Wildman–Crippen MR) is 47.7 cm³/mol. The summed E-state index contributed by atoms with van der Waals surface area (Å²) >= 11 is 0. The summed E-state index contributed by atoms with van der Waals surface area (Å²) in [5.41, 5.74) is 0. The van der Waals surface area contributed by atoms with E-state index in [2.05, 4.69) is 4.98 Å². The lowest BCUT2D eigenvalue weighted by Gasteiger charge is -2.20. The molecule has 1 amide bonds. The number of carbonyl (C=O) groups is 1. The van der Waals surface area contributed by atoms with Crippen LogP contribution in [-0.4, -0.2) is 51.7 Å². The third-order valence-electron chi connectivity index (χ3n) is 1.72. The van der Waals surface area contributed by atoms with Crippen LogP contribution in [0.1, 0.15) is 0 Å². The van der Waals surface area contributed by atoms with Crippen molar-refractivity contribution in [3.05, 3.63) is 18.7 Å². The van der Waals surface area contributed by atoms with E-state index in [0.717, 1.165) is 9.47 Å². The molecule has 0 unspecified atom stereocenters. The molecule has 1 N–H and O–H groups in total. The third kappa shape index (κ3) is 3.28. The van der Waals surface area contributed by atoms with Crippen LogP contribution in [-0.2, 0) is 0 Å². The van der Waals surface area contributed by atoms with Crippen molar-refractivity contribution < 1.29 is 18.7 Å². The maximum Gasteiger partial charge on any atom is 0.329 e. The monoisotopic (exact) mass is 219 g/mol. The van der Waals surface area contributed by atoms with E-state index in [1.807, 2.05) is 0 Å². The Kier molecular flexibility index (Phi) is 4.17. The highest BCUT2D eigenvalue weighted by Crippen LogP contribution is 2.01. The van der Waals surface area contributed by atoms with Gasteiger partial charge in [0.05, 0.1) is 13.2 Å². The predicted octanol–water partition coefficient (Wildman–Crippen LogP) is 0.411. The van der Waals surface area contributed by atoms with Gasteiger partial charge in [-0.3, -0.25) is 4.57 Å².